The molecule has 0 amide bonds. The van der Waals surface area contributed by atoms with Gasteiger partial charge in [0.1, 0.15) is 17.4 Å². The number of para-hydroxylation sites is 1. The maximum Gasteiger partial charge on any atom is 0.140 e. The molecule has 5 heteroatoms. The average molecular weight is 265 g/mol. The molecule has 98 valence electrons. The molecule has 3 aromatic heterocycles. The van der Waals surface area contributed by atoms with Gasteiger partial charge in [-0.3, -0.25) is 4.98 Å². The van der Waals surface area contributed by atoms with Crippen LogP contribution in [0.25, 0.3) is 16.5 Å². The van der Waals surface area contributed by atoms with Gasteiger partial charge in [0, 0.05) is 23.3 Å². The number of hydrogen-bond donors (Lipinski definition) is 1. The quantitative estimate of drug-likeness (QED) is 0.605. The van der Waals surface area contributed by atoms with Crippen molar-refractivity contribution in [3.8, 4) is 0 Å². The van der Waals surface area contributed by atoms with Crippen LogP contribution in [0.2, 0.25) is 0 Å². The number of benzene rings is 1. The Labute approximate surface area is 114 Å². The van der Waals surface area contributed by atoms with Gasteiger partial charge in [-0.2, -0.15) is 5.10 Å². The Kier molecular flexibility index (Phi) is 2.34. The number of aromatic nitrogens is 3. The van der Waals surface area contributed by atoms with Crippen LogP contribution in [-0.4, -0.2) is 19.7 Å². The summed E-state index contributed by atoms with van der Waals surface area (Å²) in [6.45, 7) is 0. The van der Waals surface area contributed by atoms with Crippen molar-refractivity contribution in [1.29, 1.82) is 0 Å². The monoisotopic (exact) mass is 265 g/mol. The lowest BCUT2D eigenvalue weighted by atomic mass is 10.1. The SMILES string of the molecule is OC(c1cc2ccccc2o1)c1cnn2ccncc12. The highest BCUT2D eigenvalue weighted by atomic mass is 16.4. The van der Waals surface area contributed by atoms with Gasteiger partial charge in [0.15, 0.2) is 0 Å². The van der Waals surface area contributed by atoms with E-state index in [1.54, 1.807) is 29.3 Å². The van der Waals surface area contributed by atoms with Gasteiger partial charge in [-0.15, -0.1) is 0 Å². The van der Waals surface area contributed by atoms with Crippen LogP contribution in [0.3, 0.4) is 0 Å². The summed E-state index contributed by atoms with van der Waals surface area (Å²) in [6, 6.07) is 9.52. The fraction of sp³-hybridized carbons (Fsp3) is 0.0667. The fourth-order valence-electron chi connectivity index (χ4n) is 2.35. The highest BCUT2D eigenvalue weighted by molar-refractivity contribution is 5.78. The first-order valence-corrected chi connectivity index (χ1v) is 6.27. The predicted octanol–water partition coefficient (Wildman–Crippen LogP) is 2.56. The molecule has 0 aliphatic rings. The van der Waals surface area contributed by atoms with Gasteiger partial charge >= 0.3 is 0 Å². The minimum absolute atomic E-state index is 0.505. The van der Waals surface area contributed by atoms with Gasteiger partial charge in [-0.1, -0.05) is 18.2 Å². The van der Waals surface area contributed by atoms with Gasteiger partial charge in [-0.25, -0.2) is 4.52 Å². The van der Waals surface area contributed by atoms with Crippen LogP contribution >= 0.6 is 0 Å². The third-order valence-corrected chi connectivity index (χ3v) is 3.36. The maximum absolute atomic E-state index is 10.5. The van der Waals surface area contributed by atoms with E-state index in [-0.39, 0.29) is 0 Å². The summed E-state index contributed by atoms with van der Waals surface area (Å²) in [5.74, 6) is 0.505. The zero-order valence-corrected chi connectivity index (χ0v) is 10.5. The molecule has 1 N–H and O–H groups in total. The molecule has 0 radical (unpaired) electrons. The molecule has 1 atom stereocenters. The summed E-state index contributed by atoms with van der Waals surface area (Å²) in [5.41, 5.74) is 2.20. The van der Waals surface area contributed by atoms with Crippen LogP contribution in [-0.2, 0) is 0 Å². The second kappa shape index (κ2) is 4.18. The van der Waals surface area contributed by atoms with Crippen LogP contribution in [0, 0.1) is 0 Å². The maximum atomic E-state index is 10.5. The van der Waals surface area contributed by atoms with Crippen LogP contribution in [0.5, 0.6) is 0 Å². The number of rotatable bonds is 2. The second-order valence-corrected chi connectivity index (χ2v) is 4.60. The lowest BCUT2D eigenvalue weighted by molar-refractivity contribution is 0.193. The van der Waals surface area contributed by atoms with E-state index in [0.29, 0.717) is 11.3 Å². The normalized spacial score (nSPS) is 13.1. The highest BCUT2D eigenvalue weighted by Gasteiger charge is 2.19. The third kappa shape index (κ3) is 1.60. The Bertz CT molecular complexity index is 861. The zero-order chi connectivity index (χ0) is 13.5. The Hall–Kier alpha value is -2.66. The summed E-state index contributed by atoms with van der Waals surface area (Å²) < 4.78 is 7.37. The number of aliphatic hydroxyl groups is 1. The van der Waals surface area contributed by atoms with Crippen molar-refractivity contribution < 1.29 is 9.52 Å². The second-order valence-electron chi connectivity index (χ2n) is 4.60. The number of hydrogen-bond acceptors (Lipinski definition) is 4. The molecule has 20 heavy (non-hydrogen) atoms. The third-order valence-electron chi connectivity index (χ3n) is 3.36. The molecule has 4 rings (SSSR count). The first-order valence-electron chi connectivity index (χ1n) is 6.27. The van der Waals surface area contributed by atoms with Gasteiger partial charge in [0.2, 0.25) is 0 Å². The molecule has 0 bridgehead atoms. The lowest BCUT2D eigenvalue weighted by Gasteiger charge is -2.05. The Balaban J connectivity index is 1.85. The summed E-state index contributed by atoms with van der Waals surface area (Å²) >= 11 is 0. The molecule has 0 aliphatic carbocycles. The fourth-order valence-corrected chi connectivity index (χ4v) is 2.35. The first-order chi connectivity index (χ1) is 9.83. The molecule has 5 nitrogen and oxygen atoms in total. The number of furan rings is 1. The molecule has 0 fully saturated rings. The van der Waals surface area contributed by atoms with E-state index >= 15 is 0 Å². The van der Waals surface area contributed by atoms with E-state index in [4.69, 9.17) is 4.42 Å². The summed E-state index contributed by atoms with van der Waals surface area (Å²) in [7, 11) is 0. The Morgan fingerprint density at radius 1 is 1.20 bits per heavy atom. The molecule has 0 spiro atoms. The van der Waals surface area contributed by atoms with E-state index in [1.165, 1.54) is 0 Å². The number of fused-ring (bicyclic) bond motifs is 2. The lowest BCUT2D eigenvalue weighted by Crippen LogP contribution is -1.97. The molecule has 1 unspecified atom stereocenters. The van der Waals surface area contributed by atoms with E-state index in [9.17, 15) is 5.11 Å². The van der Waals surface area contributed by atoms with Crippen molar-refractivity contribution in [2.45, 2.75) is 6.10 Å². The minimum Gasteiger partial charge on any atom is -0.458 e. The van der Waals surface area contributed by atoms with Crippen LogP contribution in [0.4, 0.5) is 0 Å². The molecular weight excluding hydrogens is 254 g/mol. The smallest absolute Gasteiger partial charge is 0.140 e. The number of nitrogens with zero attached hydrogens (tertiary/aromatic N) is 3. The van der Waals surface area contributed by atoms with Crippen molar-refractivity contribution in [2.75, 3.05) is 0 Å². The van der Waals surface area contributed by atoms with Crippen molar-refractivity contribution in [2.24, 2.45) is 0 Å². The van der Waals surface area contributed by atoms with Crippen molar-refractivity contribution in [3.63, 3.8) is 0 Å². The van der Waals surface area contributed by atoms with Crippen molar-refractivity contribution in [1.82, 2.24) is 14.6 Å². The molecule has 0 aliphatic heterocycles. The van der Waals surface area contributed by atoms with E-state index in [2.05, 4.69) is 10.1 Å². The van der Waals surface area contributed by atoms with Gasteiger partial charge in [-0.05, 0) is 12.1 Å². The highest BCUT2D eigenvalue weighted by Crippen LogP contribution is 2.29. The molecule has 4 aromatic rings. The zero-order valence-electron chi connectivity index (χ0n) is 10.5. The van der Waals surface area contributed by atoms with Gasteiger partial charge in [0.25, 0.3) is 0 Å². The molecule has 1 aromatic carbocycles. The number of aliphatic hydroxyl groups excluding tert-OH is 1. The molecule has 3 heterocycles. The van der Waals surface area contributed by atoms with E-state index < -0.39 is 6.10 Å². The van der Waals surface area contributed by atoms with Crippen LogP contribution in [0.1, 0.15) is 17.4 Å². The molecule has 0 saturated carbocycles. The largest absolute Gasteiger partial charge is 0.458 e. The minimum atomic E-state index is -0.857. The van der Waals surface area contributed by atoms with Crippen molar-refractivity contribution >= 4 is 16.5 Å². The van der Waals surface area contributed by atoms with Gasteiger partial charge in [0.05, 0.1) is 17.9 Å². The molecule has 0 saturated heterocycles. The van der Waals surface area contributed by atoms with Gasteiger partial charge < -0.3 is 9.52 Å². The summed E-state index contributed by atoms with van der Waals surface area (Å²) in [4.78, 5) is 4.06. The predicted molar refractivity (Wildman–Crippen MR) is 73.3 cm³/mol. The summed E-state index contributed by atoms with van der Waals surface area (Å²) in [6.07, 6.45) is 5.84. The van der Waals surface area contributed by atoms with E-state index in [0.717, 1.165) is 16.5 Å². The Morgan fingerprint density at radius 2 is 2.10 bits per heavy atom. The standard InChI is InChI=1S/C15H11N3O2/c19-15(11-8-17-18-6-5-16-9-12(11)18)14-7-10-3-1-2-4-13(10)20-14/h1-9,15,19H. The van der Waals surface area contributed by atoms with Crippen LogP contribution in [0.15, 0.2) is 59.5 Å². The van der Waals surface area contributed by atoms with Crippen LogP contribution < -0.4 is 0 Å². The van der Waals surface area contributed by atoms with E-state index in [1.807, 2.05) is 30.3 Å². The molecular formula is C15H11N3O2. The average Bonchev–Trinajstić information content (AvgIpc) is 3.10. The van der Waals surface area contributed by atoms with Crippen molar-refractivity contribution in [3.05, 3.63) is 66.4 Å². The topological polar surface area (TPSA) is 63.6 Å². The summed E-state index contributed by atoms with van der Waals surface area (Å²) in [5, 5.41) is 15.7. The first kappa shape index (κ1) is 11.2. The Morgan fingerprint density at radius 3 is 3.00 bits per heavy atom.